The fraction of sp³-hybridized carbons (Fsp3) is 0.778. The van der Waals surface area contributed by atoms with Gasteiger partial charge in [-0.25, -0.2) is 0 Å². The minimum absolute atomic E-state index is 0. The van der Waals surface area contributed by atoms with Crippen LogP contribution in [0.2, 0.25) is 60.9 Å². The first-order valence-corrected chi connectivity index (χ1v) is 34.1. The third-order valence-corrected chi connectivity index (χ3v) is 27.1. The summed E-state index contributed by atoms with van der Waals surface area (Å²) in [6.45, 7) is 46.4. The van der Waals surface area contributed by atoms with Crippen molar-refractivity contribution >= 4 is 24.7 Å². The van der Waals surface area contributed by atoms with Crippen molar-refractivity contribution in [3.8, 4) is 11.5 Å². The maximum atomic E-state index is 8.89. The summed E-state index contributed by atoms with van der Waals surface area (Å²) < 4.78 is 45.7. The second kappa shape index (κ2) is 32.4. The topological polar surface area (TPSA) is 114 Å². The maximum Gasteiger partial charge on any atom is 0.191 e. The number of aliphatic hydroxyl groups excluding tert-OH is 2. The number of rotatable bonds is 18. The zero-order chi connectivity index (χ0) is 51.0. The molecule has 0 aliphatic carbocycles. The predicted molar refractivity (Wildman–Crippen MR) is 292 cm³/mol. The number of hydrogen-bond acceptors (Lipinski definition) is 10. The molecule has 2 aromatic carbocycles. The minimum atomic E-state index is -1.64. The molecule has 13 heteroatoms. The molecule has 2 N–H and O–H groups in total. The Morgan fingerprint density at radius 3 is 1.22 bits per heavy atom. The number of benzene rings is 2. The van der Waals surface area contributed by atoms with E-state index >= 15 is 0 Å². The standard InChI is InChI=1S/C19H32O4Si.C13H18O4.C12H28O2Si.C7H18Si.C2H6.CH4/c1-19(2,3)24(5,6)22-13-7-8-17-14-21-18(23-17)15-9-11-16(20-4)12-10-15;1-15-11-6-4-10(5-7-11)13-16-9-12(17-13)3-2-8-14;1-11(10-13)8-7-9-14-15(5,6)12(2,3)4;1-7(2,3)8(4,5)6;1-2;/h9-12,17-18H,7-8,13-14H2,1-6H3;4-7,12-14H,2-3,8-9H2,1H3;11,13H,7-10H2,1-6H3;1-6H3;1-2H3;1H4/t17-,18?;12-,13?;11-;;;/m000.../s1. The third-order valence-electron chi connectivity index (χ3n) is 13.6. The van der Waals surface area contributed by atoms with E-state index in [1.165, 1.54) is 0 Å². The molecule has 2 aliphatic heterocycles. The Morgan fingerprint density at radius 2 is 0.925 bits per heavy atom. The van der Waals surface area contributed by atoms with E-state index in [0.29, 0.717) is 35.8 Å². The first-order chi connectivity index (χ1) is 30.5. The van der Waals surface area contributed by atoms with E-state index in [9.17, 15) is 0 Å². The average Bonchev–Trinajstić information content (AvgIpc) is 3.94. The molecule has 0 saturated carbocycles. The number of methoxy groups -OCH3 is 2. The molecule has 0 aromatic heterocycles. The van der Waals surface area contributed by atoms with Crippen LogP contribution in [0, 0.1) is 5.92 Å². The molecule has 0 bridgehead atoms. The Morgan fingerprint density at radius 1 is 0.582 bits per heavy atom. The van der Waals surface area contributed by atoms with E-state index in [0.717, 1.165) is 74.4 Å². The smallest absolute Gasteiger partial charge is 0.191 e. The van der Waals surface area contributed by atoms with E-state index in [4.69, 9.17) is 47.5 Å². The highest BCUT2D eigenvalue weighted by atomic mass is 28.4. The molecule has 0 amide bonds. The molecular weight excluding hydrogens is 893 g/mol. The Labute approximate surface area is 416 Å². The van der Waals surface area contributed by atoms with Gasteiger partial charge >= 0.3 is 0 Å². The molecule has 2 heterocycles. The lowest BCUT2D eigenvalue weighted by Gasteiger charge is -2.36. The van der Waals surface area contributed by atoms with Crippen molar-refractivity contribution in [3.05, 3.63) is 59.7 Å². The zero-order valence-corrected chi connectivity index (χ0v) is 49.2. The highest BCUT2D eigenvalue weighted by Gasteiger charge is 2.38. The van der Waals surface area contributed by atoms with E-state index in [1.807, 2.05) is 62.4 Å². The summed E-state index contributed by atoms with van der Waals surface area (Å²) in [5, 5.41) is 18.8. The molecule has 0 spiro atoms. The van der Waals surface area contributed by atoms with Crippen molar-refractivity contribution in [1.29, 1.82) is 0 Å². The SMILES string of the molecule is C.CC.CC(C)(C)[Si](C)(C)C.COc1ccc(C2OC[C@H](CCCO)O2)cc1.COc1ccc(C2OC[C@H](CCCO[Si](C)(C)C(C)(C)C)O2)cc1.C[C@H](CO)CCCO[Si](C)(C)C(C)(C)C. The summed E-state index contributed by atoms with van der Waals surface area (Å²) >= 11 is 0. The van der Waals surface area contributed by atoms with Gasteiger partial charge in [0.05, 0.1) is 39.6 Å². The third kappa shape index (κ3) is 26.4. The molecule has 394 valence electrons. The van der Waals surface area contributed by atoms with E-state index in [2.05, 4.69) is 115 Å². The Balaban J connectivity index is 0. The van der Waals surface area contributed by atoms with Crippen LogP contribution in [0.4, 0.5) is 0 Å². The lowest BCUT2D eigenvalue weighted by molar-refractivity contribution is -0.0619. The van der Waals surface area contributed by atoms with Crippen molar-refractivity contribution in [2.75, 3.05) is 53.9 Å². The van der Waals surface area contributed by atoms with Crippen LogP contribution in [0.1, 0.15) is 153 Å². The predicted octanol–water partition coefficient (Wildman–Crippen LogP) is 15.0. The number of aliphatic hydroxyl groups is 2. The summed E-state index contributed by atoms with van der Waals surface area (Å²) in [7, 11) is -0.742. The summed E-state index contributed by atoms with van der Waals surface area (Å²) in [4.78, 5) is 0. The summed E-state index contributed by atoms with van der Waals surface area (Å²) in [5.41, 5.74) is 2.04. The lowest BCUT2D eigenvalue weighted by Crippen LogP contribution is -2.41. The monoisotopic (exact) mass is 999 g/mol. The van der Waals surface area contributed by atoms with Gasteiger partial charge in [0.2, 0.25) is 0 Å². The molecule has 10 nitrogen and oxygen atoms in total. The molecule has 5 atom stereocenters. The Hall–Kier alpha value is -1.63. The van der Waals surface area contributed by atoms with Gasteiger partial charge in [-0.1, -0.05) is 134 Å². The second-order valence-corrected chi connectivity index (χ2v) is 38.2. The first kappa shape index (κ1) is 67.5. The van der Waals surface area contributed by atoms with Crippen LogP contribution in [0.3, 0.4) is 0 Å². The van der Waals surface area contributed by atoms with Crippen molar-refractivity contribution < 1.29 is 47.5 Å². The quantitative estimate of drug-likeness (QED) is 0.111. The molecule has 67 heavy (non-hydrogen) atoms. The minimum Gasteiger partial charge on any atom is -0.497 e. The number of ether oxygens (including phenoxy) is 6. The molecule has 2 fully saturated rings. The molecule has 2 aliphatic rings. The maximum absolute atomic E-state index is 8.89. The summed E-state index contributed by atoms with van der Waals surface area (Å²) in [5.74, 6) is 2.08. The Kier molecular flexibility index (Phi) is 32.6. The fourth-order valence-electron chi connectivity index (χ4n) is 5.31. The van der Waals surface area contributed by atoms with Gasteiger partial charge in [-0.2, -0.15) is 0 Å². The van der Waals surface area contributed by atoms with Gasteiger partial charge in [0, 0.05) is 45.6 Å². The van der Waals surface area contributed by atoms with Crippen LogP contribution in [-0.4, -0.2) is 101 Å². The van der Waals surface area contributed by atoms with Crippen LogP contribution in [0.5, 0.6) is 11.5 Å². The lowest BCUT2D eigenvalue weighted by atomic mass is 10.1. The van der Waals surface area contributed by atoms with E-state index in [1.54, 1.807) is 14.2 Å². The number of hydrogen-bond donors (Lipinski definition) is 2. The zero-order valence-electron chi connectivity index (χ0n) is 46.2. The molecular formula is C54H106O10Si3. The van der Waals surface area contributed by atoms with Crippen molar-refractivity contribution in [1.82, 2.24) is 0 Å². The highest BCUT2D eigenvalue weighted by molar-refractivity contribution is 6.78. The van der Waals surface area contributed by atoms with Crippen LogP contribution in [0.25, 0.3) is 0 Å². The van der Waals surface area contributed by atoms with Crippen LogP contribution in [0.15, 0.2) is 48.5 Å². The van der Waals surface area contributed by atoms with Gasteiger partial charge in [0.25, 0.3) is 0 Å². The van der Waals surface area contributed by atoms with Gasteiger partial charge in [-0.15, -0.1) is 0 Å². The second-order valence-electron chi connectivity index (χ2n) is 22.5. The average molecular weight is 1000 g/mol. The Bertz CT molecular complexity index is 1500. The molecule has 0 radical (unpaired) electrons. The van der Waals surface area contributed by atoms with Gasteiger partial charge in [0.15, 0.2) is 29.2 Å². The molecule has 2 unspecified atom stereocenters. The molecule has 2 aromatic rings. The van der Waals surface area contributed by atoms with Gasteiger partial charge in [0.1, 0.15) is 11.5 Å². The highest BCUT2D eigenvalue weighted by Crippen LogP contribution is 2.38. The largest absolute Gasteiger partial charge is 0.497 e. The summed E-state index contributed by atoms with van der Waals surface area (Å²) in [6, 6.07) is 15.5. The van der Waals surface area contributed by atoms with Crippen molar-refractivity contribution in [2.24, 2.45) is 5.92 Å². The van der Waals surface area contributed by atoms with Crippen LogP contribution >= 0.6 is 0 Å². The van der Waals surface area contributed by atoms with E-state index in [-0.39, 0.29) is 43.9 Å². The van der Waals surface area contributed by atoms with Gasteiger partial charge < -0.3 is 47.5 Å². The van der Waals surface area contributed by atoms with Gasteiger partial charge in [-0.05, 0) is 110 Å². The normalized spacial score (nSPS) is 19.1. The molecule has 2 saturated heterocycles. The van der Waals surface area contributed by atoms with Crippen LogP contribution < -0.4 is 9.47 Å². The van der Waals surface area contributed by atoms with Gasteiger partial charge in [-0.3, -0.25) is 0 Å². The van der Waals surface area contributed by atoms with Crippen LogP contribution in [-0.2, 0) is 27.8 Å². The fourth-order valence-corrected chi connectivity index (χ4v) is 7.49. The van der Waals surface area contributed by atoms with Crippen molar-refractivity contribution in [2.45, 2.75) is 215 Å². The first-order valence-electron chi connectivity index (χ1n) is 24.8. The van der Waals surface area contributed by atoms with E-state index < -0.39 is 24.7 Å². The summed E-state index contributed by atoms with van der Waals surface area (Å²) in [6.07, 6.45) is 5.39. The molecule has 4 rings (SSSR count). The van der Waals surface area contributed by atoms with Crippen molar-refractivity contribution in [3.63, 3.8) is 0 Å².